The van der Waals surface area contributed by atoms with Crippen LogP contribution < -0.4 is 5.32 Å². The lowest BCUT2D eigenvalue weighted by Gasteiger charge is -2.10. The highest BCUT2D eigenvalue weighted by molar-refractivity contribution is 5.48. The van der Waals surface area contributed by atoms with Gasteiger partial charge in [-0.3, -0.25) is 4.68 Å². The van der Waals surface area contributed by atoms with Gasteiger partial charge in [0, 0.05) is 31.9 Å². The minimum Gasteiger partial charge on any atom is -0.380 e. The Morgan fingerprint density at radius 3 is 2.72 bits per heavy atom. The van der Waals surface area contributed by atoms with Crippen molar-refractivity contribution in [3.8, 4) is 0 Å². The quantitative estimate of drug-likeness (QED) is 0.905. The van der Waals surface area contributed by atoms with Crippen LogP contribution in [-0.4, -0.2) is 16.3 Å². The fraction of sp³-hybridized carbons (Fsp3) is 0.308. The van der Waals surface area contributed by atoms with E-state index in [1.165, 1.54) is 12.1 Å². The Balaban J connectivity index is 2.03. The van der Waals surface area contributed by atoms with Gasteiger partial charge in [0.1, 0.15) is 11.5 Å². The number of nitrogens with one attached hydrogen (secondary N) is 1. The van der Waals surface area contributed by atoms with Crippen molar-refractivity contribution in [2.24, 2.45) is 7.05 Å². The van der Waals surface area contributed by atoms with Gasteiger partial charge in [0.2, 0.25) is 0 Å². The maximum Gasteiger partial charge on any atom is 0.152 e. The summed E-state index contributed by atoms with van der Waals surface area (Å²) >= 11 is 0. The normalized spacial score (nSPS) is 10.7. The standard InChI is InChI=1S/C13H15F2N3/c1-9-3-4-11(14)13(12(9)15)16-7-5-10-6-8-17-18(10)2/h3-4,6,8,16H,5,7H2,1-2H3. The lowest BCUT2D eigenvalue weighted by atomic mass is 10.2. The molecule has 0 saturated carbocycles. The molecule has 0 amide bonds. The van der Waals surface area contributed by atoms with Crippen LogP contribution in [0.5, 0.6) is 0 Å². The molecule has 0 fully saturated rings. The molecular weight excluding hydrogens is 236 g/mol. The van der Waals surface area contributed by atoms with E-state index in [-0.39, 0.29) is 5.69 Å². The van der Waals surface area contributed by atoms with E-state index in [1.54, 1.807) is 17.8 Å². The van der Waals surface area contributed by atoms with Crippen molar-refractivity contribution in [2.75, 3.05) is 11.9 Å². The van der Waals surface area contributed by atoms with Gasteiger partial charge in [0.25, 0.3) is 0 Å². The Labute approximate surface area is 104 Å². The van der Waals surface area contributed by atoms with Crippen LogP contribution in [0.2, 0.25) is 0 Å². The van der Waals surface area contributed by atoms with Crippen molar-refractivity contribution in [3.05, 3.63) is 47.3 Å². The Morgan fingerprint density at radius 2 is 2.06 bits per heavy atom. The summed E-state index contributed by atoms with van der Waals surface area (Å²) in [5.41, 5.74) is 1.38. The van der Waals surface area contributed by atoms with Crippen molar-refractivity contribution in [1.29, 1.82) is 0 Å². The highest BCUT2D eigenvalue weighted by atomic mass is 19.1. The van der Waals surface area contributed by atoms with Crippen molar-refractivity contribution < 1.29 is 8.78 Å². The second kappa shape index (κ2) is 5.16. The van der Waals surface area contributed by atoms with E-state index in [9.17, 15) is 8.78 Å². The topological polar surface area (TPSA) is 29.9 Å². The van der Waals surface area contributed by atoms with E-state index in [4.69, 9.17) is 0 Å². The van der Waals surface area contributed by atoms with E-state index in [1.807, 2.05) is 13.1 Å². The first-order chi connectivity index (χ1) is 8.59. The predicted molar refractivity (Wildman–Crippen MR) is 66.5 cm³/mol. The van der Waals surface area contributed by atoms with E-state index >= 15 is 0 Å². The smallest absolute Gasteiger partial charge is 0.152 e. The summed E-state index contributed by atoms with van der Waals surface area (Å²) < 4.78 is 28.9. The summed E-state index contributed by atoms with van der Waals surface area (Å²) in [7, 11) is 1.84. The molecule has 2 aromatic rings. The van der Waals surface area contributed by atoms with Crippen LogP contribution >= 0.6 is 0 Å². The number of aromatic nitrogens is 2. The number of hydrogen-bond acceptors (Lipinski definition) is 2. The van der Waals surface area contributed by atoms with Gasteiger partial charge < -0.3 is 5.32 Å². The summed E-state index contributed by atoms with van der Waals surface area (Å²) in [6, 6.07) is 4.58. The highest BCUT2D eigenvalue weighted by Crippen LogP contribution is 2.21. The van der Waals surface area contributed by atoms with Gasteiger partial charge in [-0.1, -0.05) is 6.07 Å². The number of hydrogen-bond donors (Lipinski definition) is 1. The molecule has 3 nitrogen and oxygen atoms in total. The zero-order valence-corrected chi connectivity index (χ0v) is 10.4. The van der Waals surface area contributed by atoms with Crippen LogP contribution in [-0.2, 0) is 13.5 Å². The van der Waals surface area contributed by atoms with Crippen molar-refractivity contribution in [3.63, 3.8) is 0 Å². The number of anilines is 1. The van der Waals surface area contributed by atoms with Crippen LogP contribution in [0.1, 0.15) is 11.3 Å². The first-order valence-corrected chi connectivity index (χ1v) is 5.75. The number of rotatable bonds is 4. The minimum absolute atomic E-state index is 0.0582. The zero-order valence-electron chi connectivity index (χ0n) is 10.4. The van der Waals surface area contributed by atoms with Gasteiger partial charge in [-0.05, 0) is 24.6 Å². The van der Waals surface area contributed by atoms with Crippen molar-refractivity contribution >= 4 is 5.69 Å². The molecule has 0 aliphatic heterocycles. The average Bonchev–Trinajstić information content (AvgIpc) is 2.74. The Bertz CT molecular complexity index is 549. The molecule has 1 aromatic heterocycles. The van der Waals surface area contributed by atoms with Crippen molar-refractivity contribution in [1.82, 2.24) is 9.78 Å². The molecular formula is C13H15F2N3. The third-order valence-electron chi connectivity index (χ3n) is 2.89. The first kappa shape index (κ1) is 12.5. The molecule has 0 radical (unpaired) electrons. The molecule has 0 saturated heterocycles. The van der Waals surface area contributed by atoms with E-state index < -0.39 is 11.6 Å². The lowest BCUT2D eigenvalue weighted by molar-refractivity contribution is 0.582. The average molecular weight is 251 g/mol. The molecule has 0 unspecified atom stereocenters. The summed E-state index contributed by atoms with van der Waals surface area (Å²) in [6.07, 6.45) is 2.35. The second-order valence-corrected chi connectivity index (χ2v) is 4.18. The summed E-state index contributed by atoms with van der Waals surface area (Å²) in [6.45, 7) is 2.07. The van der Waals surface area contributed by atoms with Crippen LogP contribution in [0.4, 0.5) is 14.5 Å². The molecule has 2 rings (SSSR count). The zero-order chi connectivity index (χ0) is 13.1. The third-order valence-corrected chi connectivity index (χ3v) is 2.89. The molecule has 0 bridgehead atoms. The van der Waals surface area contributed by atoms with E-state index in [0.29, 0.717) is 18.5 Å². The Morgan fingerprint density at radius 1 is 1.28 bits per heavy atom. The molecule has 0 atom stereocenters. The van der Waals surface area contributed by atoms with Crippen LogP contribution in [0, 0.1) is 18.6 Å². The summed E-state index contributed by atoms with van der Waals surface area (Å²) in [5, 5.41) is 6.83. The van der Waals surface area contributed by atoms with Crippen molar-refractivity contribution in [2.45, 2.75) is 13.3 Å². The molecule has 1 aromatic carbocycles. The first-order valence-electron chi connectivity index (χ1n) is 5.75. The lowest BCUT2D eigenvalue weighted by Crippen LogP contribution is -2.11. The molecule has 1 N–H and O–H groups in total. The number of nitrogens with zero attached hydrogens (tertiary/aromatic N) is 2. The molecule has 0 aliphatic carbocycles. The minimum atomic E-state index is -0.567. The molecule has 18 heavy (non-hydrogen) atoms. The maximum absolute atomic E-state index is 13.7. The Kier molecular flexibility index (Phi) is 3.60. The van der Waals surface area contributed by atoms with Gasteiger partial charge in [-0.25, -0.2) is 8.78 Å². The Hall–Kier alpha value is -1.91. The monoisotopic (exact) mass is 251 g/mol. The molecule has 96 valence electrons. The van der Waals surface area contributed by atoms with E-state index in [2.05, 4.69) is 10.4 Å². The number of aryl methyl sites for hydroxylation is 2. The third kappa shape index (κ3) is 2.50. The fourth-order valence-electron chi connectivity index (χ4n) is 1.78. The molecule has 0 spiro atoms. The van der Waals surface area contributed by atoms with E-state index in [0.717, 1.165) is 5.69 Å². The molecule has 1 heterocycles. The van der Waals surface area contributed by atoms with Gasteiger partial charge in [-0.2, -0.15) is 5.10 Å². The number of halogens is 2. The summed E-state index contributed by atoms with van der Waals surface area (Å²) in [4.78, 5) is 0. The van der Waals surface area contributed by atoms with Crippen LogP contribution in [0.3, 0.4) is 0 Å². The maximum atomic E-state index is 13.7. The summed E-state index contributed by atoms with van der Waals surface area (Å²) in [5.74, 6) is -1.09. The number of benzene rings is 1. The highest BCUT2D eigenvalue weighted by Gasteiger charge is 2.10. The predicted octanol–water partition coefficient (Wildman–Crippen LogP) is 2.66. The second-order valence-electron chi connectivity index (χ2n) is 4.18. The SMILES string of the molecule is Cc1ccc(F)c(NCCc2ccnn2C)c1F. The van der Waals surface area contributed by atoms with Gasteiger partial charge in [0.15, 0.2) is 5.82 Å². The fourth-order valence-corrected chi connectivity index (χ4v) is 1.78. The van der Waals surface area contributed by atoms with Crippen LogP contribution in [0.15, 0.2) is 24.4 Å². The van der Waals surface area contributed by atoms with Gasteiger partial charge >= 0.3 is 0 Å². The van der Waals surface area contributed by atoms with Gasteiger partial charge in [0.05, 0.1) is 0 Å². The molecule has 5 heteroatoms. The van der Waals surface area contributed by atoms with Gasteiger partial charge in [-0.15, -0.1) is 0 Å². The van der Waals surface area contributed by atoms with Crippen LogP contribution in [0.25, 0.3) is 0 Å². The molecule has 0 aliphatic rings. The largest absolute Gasteiger partial charge is 0.380 e.